The van der Waals surface area contributed by atoms with Gasteiger partial charge in [-0.05, 0) is 41.9 Å². The Balaban J connectivity index is 2.15. The number of nitrogens with zero attached hydrogens (tertiary/aromatic N) is 2. The van der Waals surface area contributed by atoms with Crippen LogP contribution in [0.25, 0.3) is 10.9 Å². The summed E-state index contributed by atoms with van der Waals surface area (Å²) >= 11 is 0. The molecule has 0 unspecified atom stereocenters. The second-order valence-corrected chi connectivity index (χ2v) is 5.00. The van der Waals surface area contributed by atoms with Crippen molar-refractivity contribution in [2.24, 2.45) is 5.18 Å². The summed E-state index contributed by atoms with van der Waals surface area (Å²) in [7, 11) is 0. The molecule has 0 radical (unpaired) electrons. The number of aryl methyl sites for hydroxylation is 1. The summed E-state index contributed by atoms with van der Waals surface area (Å²) < 4.78 is 14.5. The molecular formula is C16H13FN2O2. The highest BCUT2D eigenvalue weighted by molar-refractivity contribution is 5.95. The average molecular weight is 284 g/mol. The molecule has 2 aromatic carbocycles. The van der Waals surface area contributed by atoms with E-state index in [0.29, 0.717) is 11.9 Å². The van der Waals surface area contributed by atoms with Gasteiger partial charge in [0.25, 0.3) is 0 Å². The van der Waals surface area contributed by atoms with E-state index in [-0.39, 0.29) is 17.4 Å². The molecule has 1 heterocycles. The number of halogens is 1. The third-order valence-corrected chi connectivity index (χ3v) is 3.51. The van der Waals surface area contributed by atoms with Crippen molar-refractivity contribution < 1.29 is 9.50 Å². The molecule has 1 aromatic heterocycles. The monoisotopic (exact) mass is 284 g/mol. The third kappa shape index (κ3) is 2.27. The van der Waals surface area contributed by atoms with E-state index in [1.165, 1.54) is 12.1 Å². The molecule has 3 rings (SSSR count). The fourth-order valence-electron chi connectivity index (χ4n) is 2.46. The highest BCUT2D eigenvalue weighted by Crippen LogP contribution is 2.39. The molecule has 0 saturated heterocycles. The van der Waals surface area contributed by atoms with Crippen LogP contribution in [-0.4, -0.2) is 9.67 Å². The van der Waals surface area contributed by atoms with E-state index in [2.05, 4.69) is 5.18 Å². The van der Waals surface area contributed by atoms with E-state index >= 15 is 0 Å². The molecule has 21 heavy (non-hydrogen) atoms. The van der Waals surface area contributed by atoms with Gasteiger partial charge in [-0.15, -0.1) is 4.91 Å². The first-order valence-electron chi connectivity index (χ1n) is 6.50. The largest absolute Gasteiger partial charge is 0.493 e. The van der Waals surface area contributed by atoms with E-state index in [1.807, 2.05) is 25.1 Å². The Kier molecular flexibility index (Phi) is 3.17. The maximum absolute atomic E-state index is 12.9. The maximum atomic E-state index is 12.9. The lowest BCUT2D eigenvalue weighted by Gasteiger charge is -2.07. The molecule has 0 fully saturated rings. The van der Waals surface area contributed by atoms with Gasteiger partial charge < -0.3 is 9.67 Å². The van der Waals surface area contributed by atoms with Gasteiger partial charge in [0.2, 0.25) is 5.88 Å². The number of benzene rings is 2. The summed E-state index contributed by atoms with van der Waals surface area (Å²) in [6, 6.07) is 11.6. The summed E-state index contributed by atoms with van der Waals surface area (Å²) in [6.07, 6.45) is 0. The zero-order chi connectivity index (χ0) is 15.0. The van der Waals surface area contributed by atoms with E-state index in [4.69, 9.17) is 0 Å². The molecule has 0 saturated carbocycles. The Bertz CT molecular complexity index is 822. The van der Waals surface area contributed by atoms with Crippen LogP contribution in [0.1, 0.15) is 11.1 Å². The molecule has 0 aliphatic heterocycles. The Morgan fingerprint density at radius 1 is 1.19 bits per heavy atom. The van der Waals surface area contributed by atoms with Crippen molar-refractivity contribution in [1.29, 1.82) is 0 Å². The zero-order valence-corrected chi connectivity index (χ0v) is 11.4. The van der Waals surface area contributed by atoms with E-state index in [1.54, 1.807) is 16.7 Å². The van der Waals surface area contributed by atoms with Crippen LogP contribution in [0.3, 0.4) is 0 Å². The Labute approximate surface area is 120 Å². The fourth-order valence-corrected chi connectivity index (χ4v) is 2.46. The van der Waals surface area contributed by atoms with Crippen LogP contribution >= 0.6 is 0 Å². The predicted octanol–water partition coefficient (Wildman–Crippen LogP) is 4.24. The van der Waals surface area contributed by atoms with Crippen LogP contribution in [0.4, 0.5) is 10.1 Å². The van der Waals surface area contributed by atoms with Crippen molar-refractivity contribution in [2.45, 2.75) is 13.5 Å². The third-order valence-electron chi connectivity index (χ3n) is 3.51. The highest BCUT2D eigenvalue weighted by Gasteiger charge is 2.17. The molecule has 1 N–H and O–H groups in total. The zero-order valence-electron chi connectivity index (χ0n) is 11.4. The van der Waals surface area contributed by atoms with Crippen molar-refractivity contribution in [3.63, 3.8) is 0 Å². The molecule has 3 aromatic rings. The Morgan fingerprint density at radius 2 is 1.90 bits per heavy atom. The van der Waals surface area contributed by atoms with Gasteiger partial charge in [0.15, 0.2) is 5.69 Å². The second kappa shape index (κ2) is 5.01. The quantitative estimate of drug-likeness (QED) is 0.731. The SMILES string of the molecule is Cc1ccc2c(c1)c(N=O)c(O)n2Cc1ccc(F)cc1. The number of fused-ring (bicyclic) bond motifs is 1. The van der Waals surface area contributed by atoms with Crippen molar-refractivity contribution in [3.05, 3.63) is 64.3 Å². The Morgan fingerprint density at radius 3 is 2.57 bits per heavy atom. The van der Waals surface area contributed by atoms with Crippen molar-refractivity contribution >= 4 is 16.6 Å². The van der Waals surface area contributed by atoms with Gasteiger partial charge in [0.05, 0.1) is 12.1 Å². The lowest BCUT2D eigenvalue weighted by Crippen LogP contribution is -1.98. The van der Waals surface area contributed by atoms with Gasteiger partial charge in [0, 0.05) is 5.39 Å². The molecule has 0 amide bonds. The number of aromatic nitrogens is 1. The number of hydrogen-bond donors (Lipinski definition) is 1. The summed E-state index contributed by atoms with van der Waals surface area (Å²) in [5.41, 5.74) is 2.56. The first-order chi connectivity index (χ1) is 10.1. The standard InChI is InChI=1S/C16H13FN2O2/c1-10-2-7-14-13(8-10)15(18-21)16(20)19(14)9-11-3-5-12(17)6-4-11/h2-8,20H,9H2,1H3. The molecule has 0 bridgehead atoms. The molecular weight excluding hydrogens is 271 g/mol. The van der Waals surface area contributed by atoms with Crippen LogP contribution in [-0.2, 0) is 6.54 Å². The summed E-state index contributed by atoms with van der Waals surface area (Å²) in [5.74, 6) is -0.485. The van der Waals surface area contributed by atoms with Gasteiger partial charge in [0.1, 0.15) is 5.82 Å². The minimum absolute atomic E-state index is 0.0378. The predicted molar refractivity (Wildman–Crippen MR) is 79.3 cm³/mol. The highest BCUT2D eigenvalue weighted by atomic mass is 19.1. The molecule has 0 aliphatic rings. The van der Waals surface area contributed by atoms with E-state index in [9.17, 15) is 14.4 Å². The summed E-state index contributed by atoms with van der Waals surface area (Å²) in [4.78, 5) is 11.0. The van der Waals surface area contributed by atoms with Crippen LogP contribution in [0, 0.1) is 17.6 Å². The first-order valence-corrected chi connectivity index (χ1v) is 6.50. The topological polar surface area (TPSA) is 54.6 Å². The molecule has 106 valence electrons. The molecule has 0 aliphatic carbocycles. The van der Waals surface area contributed by atoms with Crippen molar-refractivity contribution in [1.82, 2.24) is 4.57 Å². The van der Waals surface area contributed by atoms with Gasteiger partial charge >= 0.3 is 0 Å². The minimum atomic E-state index is -0.314. The lowest BCUT2D eigenvalue weighted by molar-refractivity contribution is 0.430. The average Bonchev–Trinajstić information content (AvgIpc) is 2.73. The first kappa shape index (κ1) is 13.3. The Hall–Kier alpha value is -2.69. The number of nitroso groups, excluding NO2 is 1. The van der Waals surface area contributed by atoms with Crippen LogP contribution in [0.2, 0.25) is 0 Å². The molecule has 5 heteroatoms. The molecule has 4 nitrogen and oxygen atoms in total. The number of rotatable bonds is 3. The minimum Gasteiger partial charge on any atom is -0.493 e. The van der Waals surface area contributed by atoms with Crippen LogP contribution in [0.15, 0.2) is 47.6 Å². The van der Waals surface area contributed by atoms with E-state index in [0.717, 1.165) is 16.6 Å². The summed E-state index contributed by atoms with van der Waals surface area (Å²) in [6.45, 7) is 2.24. The van der Waals surface area contributed by atoms with Crippen molar-refractivity contribution in [3.8, 4) is 5.88 Å². The van der Waals surface area contributed by atoms with Gasteiger partial charge in [-0.3, -0.25) is 0 Å². The molecule has 0 spiro atoms. The van der Waals surface area contributed by atoms with Gasteiger partial charge in [-0.1, -0.05) is 23.8 Å². The number of aromatic hydroxyl groups is 1. The van der Waals surface area contributed by atoms with Crippen LogP contribution in [0.5, 0.6) is 5.88 Å². The van der Waals surface area contributed by atoms with Crippen LogP contribution < -0.4 is 0 Å². The van der Waals surface area contributed by atoms with Crippen molar-refractivity contribution in [2.75, 3.05) is 0 Å². The summed E-state index contributed by atoms with van der Waals surface area (Å²) in [5, 5.41) is 13.8. The number of hydrogen-bond acceptors (Lipinski definition) is 3. The van der Waals surface area contributed by atoms with E-state index < -0.39 is 0 Å². The van der Waals surface area contributed by atoms with Gasteiger partial charge in [-0.2, -0.15) is 0 Å². The van der Waals surface area contributed by atoms with Gasteiger partial charge in [-0.25, -0.2) is 4.39 Å². The smallest absolute Gasteiger partial charge is 0.222 e. The normalized spacial score (nSPS) is 11.0. The fraction of sp³-hybridized carbons (Fsp3) is 0.125. The maximum Gasteiger partial charge on any atom is 0.222 e. The molecule has 0 atom stereocenters. The lowest BCUT2D eigenvalue weighted by atomic mass is 10.1. The second-order valence-electron chi connectivity index (χ2n) is 5.00.